The molecule has 0 bridgehead atoms. The van der Waals surface area contributed by atoms with E-state index in [2.05, 4.69) is 60.2 Å². The fourth-order valence-electron chi connectivity index (χ4n) is 2.55. The van der Waals surface area contributed by atoms with Gasteiger partial charge in [0.15, 0.2) is 12.8 Å². The van der Waals surface area contributed by atoms with Crippen molar-refractivity contribution in [3.05, 3.63) is 59.7 Å². The molecule has 1 atom stereocenters. The molecule has 1 heterocycles. The van der Waals surface area contributed by atoms with Crippen molar-refractivity contribution in [3.63, 3.8) is 0 Å². The average molecular weight is 237 g/mol. The largest absolute Gasteiger partial charge is 0.399 e. The molecule has 2 nitrogen and oxygen atoms in total. The van der Waals surface area contributed by atoms with Crippen LogP contribution < -0.4 is 5.73 Å². The Bertz CT molecular complexity index is 600. The second-order valence-electron chi connectivity index (χ2n) is 4.87. The van der Waals surface area contributed by atoms with Crippen LogP contribution in [0.2, 0.25) is 0 Å². The van der Waals surface area contributed by atoms with Crippen molar-refractivity contribution in [2.24, 2.45) is 0 Å². The fraction of sp³-hybridized carbons (Fsp3) is 0.188. The van der Waals surface area contributed by atoms with Crippen LogP contribution in [0.25, 0.3) is 0 Å². The van der Waals surface area contributed by atoms with Gasteiger partial charge >= 0.3 is 0 Å². The van der Waals surface area contributed by atoms with E-state index >= 15 is 0 Å². The summed E-state index contributed by atoms with van der Waals surface area (Å²) in [5.41, 5.74) is 10.6. The van der Waals surface area contributed by atoms with Gasteiger partial charge in [-0.25, -0.2) is 0 Å². The zero-order valence-electron chi connectivity index (χ0n) is 10.5. The summed E-state index contributed by atoms with van der Waals surface area (Å²) >= 11 is 0. The molecular formula is C16H17N2+. The number of nitrogens with two attached hydrogens (primary N) is 1. The van der Waals surface area contributed by atoms with Gasteiger partial charge in [0, 0.05) is 22.9 Å². The van der Waals surface area contributed by atoms with Crippen molar-refractivity contribution < 1.29 is 4.58 Å². The van der Waals surface area contributed by atoms with E-state index in [0.29, 0.717) is 5.92 Å². The van der Waals surface area contributed by atoms with Gasteiger partial charge in [-0.15, -0.1) is 0 Å². The molecule has 1 unspecified atom stereocenters. The molecule has 0 amide bonds. The number of hydrogen-bond donors (Lipinski definition) is 1. The van der Waals surface area contributed by atoms with E-state index in [1.54, 1.807) is 0 Å². The van der Waals surface area contributed by atoms with E-state index in [1.165, 1.54) is 16.8 Å². The number of hydrogen-bond acceptors (Lipinski definition) is 1. The van der Waals surface area contributed by atoms with Crippen molar-refractivity contribution in [1.29, 1.82) is 0 Å². The second-order valence-corrected chi connectivity index (χ2v) is 4.87. The van der Waals surface area contributed by atoms with Gasteiger partial charge in [0.2, 0.25) is 5.69 Å². The monoisotopic (exact) mass is 237 g/mol. The van der Waals surface area contributed by atoms with Crippen LogP contribution in [0.4, 0.5) is 11.4 Å². The van der Waals surface area contributed by atoms with E-state index in [9.17, 15) is 0 Å². The van der Waals surface area contributed by atoms with Crippen molar-refractivity contribution in [2.45, 2.75) is 19.4 Å². The van der Waals surface area contributed by atoms with Crippen LogP contribution in [0.5, 0.6) is 0 Å². The van der Waals surface area contributed by atoms with E-state index < -0.39 is 0 Å². The lowest BCUT2D eigenvalue weighted by Crippen LogP contribution is -2.03. The molecule has 2 aromatic carbocycles. The standard InChI is InChI=1S/C16H17N2/c1-12-10-18(11-13-5-3-2-4-6-13)16-8-7-14(17)9-15(12)16/h2-10,12H,11,17H2,1H3/q+1. The van der Waals surface area contributed by atoms with E-state index in [-0.39, 0.29) is 0 Å². The molecule has 2 heteroatoms. The van der Waals surface area contributed by atoms with E-state index in [1.807, 2.05) is 6.07 Å². The zero-order valence-corrected chi connectivity index (χ0v) is 10.5. The molecule has 0 fully saturated rings. The third-order valence-electron chi connectivity index (χ3n) is 3.45. The Labute approximate surface area is 107 Å². The summed E-state index contributed by atoms with van der Waals surface area (Å²) in [6.07, 6.45) is 2.27. The Morgan fingerprint density at radius 1 is 1.11 bits per heavy atom. The Morgan fingerprint density at radius 3 is 2.67 bits per heavy atom. The van der Waals surface area contributed by atoms with Gasteiger partial charge in [-0.1, -0.05) is 30.3 Å². The third kappa shape index (κ3) is 1.90. The van der Waals surface area contributed by atoms with Crippen molar-refractivity contribution >= 4 is 17.6 Å². The first-order valence-electron chi connectivity index (χ1n) is 6.29. The van der Waals surface area contributed by atoms with E-state index in [4.69, 9.17) is 5.73 Å². The van der Waals surface area contributed by atoms with Gasteiger partial charge < -0.3 is 5.73 Å². The number of nitrogen functional groups attached to an aromatic ring is 1. The summed E-state index contributed by atoms with van der Waals surface area (Å²) in [6, 6.07) is 16.7. The zero-order chi connectivity index (χ0) is 12.5. The highest BCUT2D eigenvalue weighted by Crippen LogP contribution is 2.33. The summed E-state index contributed by atoms with van der Waals surface area (Å²) in [7, 11) is 0. The topological polar surface area (TPSA) is 29.0 Å². The maximum Gasteiger partial charge on any atom is 0.209 e. The third-order valence-corrected chi connectivity index (χ3v) is 3.45. The summed E-state index contributed by atoms with van der Waals surface area (Å²) in [4.78, 5) is 0. The van der Waals surface area contributed by atoms with Gasteiger partial charge in [-0.05, 0) is 19.1 Å². The summed E-state index contributed by atoms with van der Waals surface area (Å²) in [5, 5.41) is 0. The van der Waals surface area contributed by atoms with Crippen LogP contribution in [-0.2, 0) is 6.54 Å². The first-order valence-corrected chi connectivity index (χ1v) is 6.29. The van der Waals surface area contributed by atoms with Crippen molar-refractivity contribution in [1.82, 2.24) is 0 Å². The quantitative estimate of drug-likeness (QED) is 0.630. The minimum Gasteiger partial charge on any atom is -0.399 e. The molecule has 0 saturated carbocycles. The predicted octanol–water partition coefficient (Wildman–Crippen LogP) is 3.30. The predicted molar refractivity (Wildman–Crippen MR) is 75.4 cm³/mol. The van der Waals surface area contributed by atoms with Crippen LogP contribution in [0.15, 0.2) is 48.5 Å². The van der Waals surface area contributed by atoms with Crippen LogP contribution >= 0.6 is 0 Å². The molecule has 0 saturated heterocycles. The Hall–Kier alpha value is -2.09. The number of nitrogens with zero attached hydrogens (tertiary/aromatic N) is 1. The second kappa shape index (κ2) is 4.30. The van der Waals surface area contributed by atoms with Gasteiger partial charge in [0.1, 0.15) is 0 Å². The van der Waals surface area contributed by atoms with E-state index in [0.717, 1.165) is 12.2 Å². The lowest BCUT2D eigenvalue weighted by atomic mass is 10.0. The Balaban J connectivity index is 1.95. The first kappa shape index (κ1) is 11.0. The highest BCUT2D eigenvalue weighted by molar-refractivity contribution is 5.73. The number of fused-ring (bicyclic) bond motifs is 1. The number of anilines is 1. The fourth-order valence-corrected chi connectivity index (χ4v) is 2.55. The Morgan fingerprint density at radius 2 is 1.89 bits per heavy atom. The lowest BCUT2D eigenvalue weighted by molar-refractivity contribution is -0.450. The van der Waals surface area contributed by atoms with Crippen molar-refractivity contribution in [2.75, 3.05) is 5.73 Å². The molecule has 1 aliphatic heterocycles. The molecule has 18 heavy (non-hydrogen) atoms. The van der Waals surface area contributed by atoms with Crippen LogP contribution in [0.3, 0.4) is 0 Å². The van der Waals surface area contributed by atoms with Gasteiger partial charge in [0.05, 0.1) is 5.92 Å². The van der Waals surface area contributed by atoms with Gasteiger partial charge in [-0.3, -0.25) is 0 Å². The number of benzene rings is 2. The lowest BCUT2D eigenvalue weighted by Gasteiger charge is -2.02. The molecule has 0 aliphatic carbocycles. The Kier molecular flexibility index (Phi) is 2.63. The normalized spacial score (nSPS) is 17.4. The molecule has 90 valence electrons. The highest BCUT2D eigenvalue weighted by atomic mass is 15.0. The first-order chi connectivity index (χ1) is 8.74. The van der Waals surface area contributed by atoms with Gasteiger partial charge in [-0.2, -0.15) is 4.58 Å². The minimum absolute atomic E-state index is 0.437. The summed E-state index contributed by atoms with van der Waals surface area (Å²) in [6.45, 7) is 3.13. The molecule has 2 aromatic rings. The SMILES string of the molecule is CC1C=[N+](Cc2ccccc2)c2ccc(N)cc21. The maximum absolute atomic E-state index is 5.86. The maximum atomic E-state index is 5.86. The summed E-state index contributed by atoms with van der Waals surface area (Å²) < 4.78 is 2.31. The highest BCUT2D eigenvalue weighted by Gasteiger charge is 2.27. The smallest absolute Gasteiger partial charge is 0.209 e. The molecule has 0 spiro atoms. The molecule has 0 aromatic heterocycles. The van der Waals surface area contributed by atoms with Crippen LogP contribution in [0.1, 0.15) is 24.0 Å². The minimum atomic E-state index is 0.437. The van der Waals surface area contributed by atoms with Gasteiger partial charge in [0.25, 0.3) is 0 Å². The molecule has 1 aliphatic rings. The molecule has 3 rings (SSSR count). The van der Waals surface area contributed by atoms with Crippen LogP contribution in [0, 0.1) is 0 Å². The molecule has 2 N–H and O–H groups in total. The van der Waals surface area contributed by atoms with Crippen molar-refractivity contribution in [3.8, 4) is 0 Å². The van der Waals surface area contributed by atoms with Crippen LogP contribution in [-0.4, -0.2) is 10.8 Å². The summed E-state index contributed by atoms with van der Waals surface area (Å²) in [5.74, 6) is 0.437. The number of rotatable bonds is 2. The molecular weight excluding hydrogens is 220 g/mol. The average Bonchev–Trinajstić information content (AvgIpc) is 2.67. The molecule has 0 radical (unpaired) electrons.